The molecule has 1 nitrogen and oxygen atoms in total. The van der Waals surface area contributed by atoms with Crippen LogP contribution >= 0.6 is 11.8 Å². The maximum absolute atomic E-state index is 6.08. The summed E-state index contributed by atoms with van der Waals surface area (Å²) >= 11 is 1.94. The average Bonchev–Trinajstić information content (AvgIpc) is 2.15. The van der Waals surface area contributed by atoms with Crippen LogP contribution in [0.5, 0.6) is 0 Å². The monoisotopic (exact) mass is 223 g/mol. The molecule has 1 atom stereocenters. The number of rotatable bonds is 5. The van der Waals surface area contributed by atoms with Gasteiger partial charge in [0.05, 0.1) is 0 Å². The molecule has 1 aromatic carbocycles. The van der Waals surface area contributed by atoms with E-state index in [2.05, 4.69) is 45.0 Å². The molecule has 15 heavy (non-hydrogen) atoms. The molecule has 1 aromatic rings. The summed E-state index contributed by atoms with van der Waals surface area (Å²) in [5, 5.41) is 0.675. The van der Waals surface area contributed by atoms with Crippen molar-refractivity contribution in [1.29, 1.82) is 0 Å². The van der Waals surface area contributed by atoms with Crippen LogP contribution in [0, 0.1) is 6.92 Å². The van der Waals surface area contributed by atoms with Gasteiger partial charge in [-0.05, 0) is 24.2 Å². The minimum Gasteiger partial charge on any atom is -0.327 e. The zero-order valence-corrected chi connectivity index (χ0v) is 10.7. The second-order valence-electron chi connectivity index (χ2n) is 4.34. The fourth-order valence-corrected chi connectivity index (χ4v) is 2.27. The first kappa shape index (κ1) is 12.6. The lowest BCUT2D eigenvalue weighted by molar-refractivity contribution is 0.747. The molecule has 1 unspecified atom stereocenters. The summed E-state index contributed by atoms with van der Waals surface area (Å²) < 4.78 is 0. The molecule has 2 N–H and O–H groups in total. The van der Waals surface area contributed by atoms with Gasteiger partial charge in [-0.25, -0.2) is 0 Å². The molecule has 0 amide bonds. The van der Waals surface area contributed by atoms with Crippen molar-refractivity contribution in [3.8, 4) is 0 Å². The number of thioether (sulfide) groups is 1. The minimum absolute atomic E-state index is 0.277. The molecule has 0 saturated heterocycles. The van der Waals surface area contributed by atoms with Gasteiger partial charge in [-0.3, -0.25) is 0 Å². The van der Waals surface area contributed by atoms with Crippen LogP contribution in [0.15, 0.2) is 24.3 Å². The van der Waals surface area contributed by atoms with E-state index in [1.165, 1.54) is 11.1 Å². The molecule has 0 bridgehead atoms. The lowest BCUT2D eigenvalue weighted by Crippen LogP contribution is -2.26. The molecule has 0 spiro atoms. The van der Waals surface area contributed by atoms with Crippen molar-refractivity contribution < 1.29 is 0 Å². The Hall–Kier alpha value is -0.470. The van der Waals surface area contributed by atoms with Crippen molar-refractivity contribution >= 4 is 11.8 Å². The maximum atomic E-state index is 6.08. The van der Waals surface area contributed by atoms with Crippen molar-refractivity contribution in [3.05, 3.63) is 35.4 Å². The quantitative estimate of drug-likeness (QED) is 0.830. The van der Waals surface area contributed by atoms with Crippen LogP contribution in [-0.4, -0.2) is 17.0 Å². The minimum atomic E-state index is 0.277. The number of aryl methyl sites for hydroxylation is 1. The van der Waals surface area contributed by atoms with Crippen molar-refractivity contribution in [3.63, 3.8) is 0 Å². The van der Waals surface area contributed by atoms with E-state index in [-0.39, 0.29) is 6.04 Å². The molecule has 0 aliphatic heterocycles. The van der Waals surface area contributed by atoms with Gasteiger partial charge in [0, 0.05) is 11.8 Å². The van der Waals surface area contributed by atoms with E-state index >= 15 is 0 Å². The zero-order valence-electron chi connectivity index (χ0n) is 9.86. The number of benzene rings is 1. The topological polar surface area (TPSA) is 26.0 Å². The summed E-state index contributed by atoms with van der Waals surface area (Å²) in [6.45, 7) is 6.55. The van der Waals surface area contributed by atoms with Crippen molar-refractivity contribution in [2.24, 2.45) is 5.73 Å². The van der Waals surface area contributed by atoms with Gasteiger partial charge >= 0.3 is 0 Å². The molecule has 0 aliphatic rings. The molecular weight excluding hydrogens is 202 g/mol. The van der Waals surface area contributed by atoms with E-state index in [4.69, 9.17) is 5.73 Å². The number of nitrogens with two attached hydrogens (primary N) is 1. The summed E-state index contributed by atoms with van der Waals surface area (Å²) in [5.41, 5.74) is 8.75. The third-order valence-corrected chi connectivity index (χ3v) is 3.51. The summed E-state index contributed by atoms with van der Waals surface area (Å²) in [6.07, 6.45) is 0.987. The van der Waals surface area contributed by atoms with Gasteiger partial charge in [0.25, 0.3) is 0 Å². The lowest BCUT2D eigenvalue weighted by atomic mass is 10.1. The smallest absolute Gasteiger partial charge is 0.0171 e. The highest BCUT2D eigenvalue weighted by atomic mass is 32.2. The van der Waals surface area contributed by atoms with E-state index in [9.17, 15) is 0 Å². The van der Waals surface area contributed by atoms with Gasteiger partial charge in [-0.1, -0.05) is 43.7 Å². The van der Waals surface area contributed by atoms with Crippen LogP contribution < -0.4 is 5.73 Å². The van der Waals surface area contributed by atoms with Crippen molar-refractivity contribution in [1.82, 2.24) is 0 Å². The highest BCUT2D eigenvalue weighted by Gasteiger charge is 2.05. The Balaban J connectivity index is 2.40. The molecule has 84 valence electrons. The highest BCUT2D eigenvalue weighted by Crippen LogP contribution is 2.13. The standard InChI is InChI=1S/C13H21NS/c1-10(2)15-9-13(14)8-12-6-4-5-11(3)7-12/h4-7,10,13H,8-9,14H2,1-3H3. The number of hydrogen-bond donors (Lipinski definition) is 1. The fraction of sp³-hybridized carbons (Fsp3) is 0.538. The second kappa shape index (κ2) is 6.19. The molecule has 0 aromatic heterocycles. The molecule has 0 fully saturated rings. The number of hydrogen-bond acceptors (Lipinski definition) is 2. The van der Waals surface area contributed by atoms with Crippen molar-refractivity contribution in [2.45, 2.75) is 38.5 Å². The summed E-state index contributed by atoms with van der Waals surface area (Å²) in [7, 11) is 0. The normalized spacial score (nSPS) is 13.1. The Labute approximate surface area is 97.4 Å². The van der Waals surface area contributed by atoms with Crippen molar-refractivity contribution in [2.75, 3.05) is 5.75 Å². The highest BCUT2D eigenvalue weighted by molar-refractivity contribution is 7.99. The first-order valence-electron chi connectivity index (χ1n) is 5.50. The maximum Gasteiger partial charge on any atom is 0.0171 e. The molecular formula is C13H21NS. The van der Waals surface area contributed by atoms with Crippen LogP contribution in [-0.2, 0) is 6.42 Å². The molecule has 2 heteroatoms. The van der Waals surface area contributed by atoms with Gasteiger partial charge < -0.3 is 5.73 Å². The molecule has 0 heterocycles. The summed E-state index contributed by atoms with van der Waals surface area (Å²) in [5.74, 6) is 1.05. The van der Waals surface area contributed by atoms with Crippen LogP contribution in [0.2, 0.25) is 0 Å². The van der Waals surface area contributed by atoms with Gasteiger partial charge in [-0.15, -0.1) is 0 Å². The van der Waals surface area contributed by atoms with E-state index in [0.717, 1.165) is 12.2 Å². The Morgan fingerprint density at radius 2 is 2.07 bits per heavy atom. The summed E-state index contributed by atoms with van der Waals surface area (Å²) in [6, 6.07) is 8.89. The van der Waals surface area contributed by atoms with Gasteiger partial charge in [-0.2, -0.15) is 11.8 Å². The summed E-state index contributed by atoms with van der Waals surface area (Å²) in [4.78, 5) is 0. The first-order valence-corrected chi connectivity index (χ1v) is 6.55. The van der Waals surface area contributed by atoms with Crippen LogP contribution in [0.4, 0.5) is 0 Å². The van der Waals surface area contributed by atoms with E-state index in [0.29, 0.717) is 5.25 Å². The third-order valence-electron chi connectivity index (χ3n) is 2.22. The average molecular weight is 223 g/mol. The Morgan fingerprint density at radius 3 is 2.67 bits per heavy atom. The Morgan fingerprint density at radius 1 is 1.33 bits per heavy atom. The predicted molar refractivity (Wildman–Crippen MR) is 70.5 cm³/mol. The van der Waals surface area contributed by atoms with Gasteiger partial charge in [0.15, 0.2) is 0 Å². The SMILES string of the molecule is Cc1cccc(CC(N)CSC(C)C)c1. The predicted octanol–water partition coefficient (Wildman–Crippen LogP) is 3.01. The van der Waals surface area contributed by atoms with Crippen LogP contribution in [0.3, 0.4) is 0 Å². The molecule has 0 aliphatic carbocycles. The van der Waals surface area contributed by atoms with E-state index < -0.39 is 0 Å². The van der Waals surface area contributed by atoms with E-state index in [1.807, 2.05) is 11.8 Å². The van der Waals surface area contributed by atoms with Gasteiger partial charge in [0.2, 0.25) is 0 Å². The lowest BCUT2D eigenvalue weighted by Gasteiger charge is -2.13. The molecule has 1 rings (SSSR count). The second-order valence-corrected chi connectivity index (χ2v) is 5.94. The zero-order chi connectivity index (χ0) is 11.3. The van der Waals surface area contributed by atoms with Gasteiger partial charge in [0.1, 0.15) is 0 Å². The van der Waals surface area contributed by atoms with Crippen LogP contribution in [0.25, 0.3) is 0 Å². The Bertz CT molecular complexity index is 296. The third kappa shape index (κ3) is 5.24. The Kier molecular flexibility index (Phi) is 5.20. The first-order chi connectivity index (χ1) is 7.08. The van der Waals surface area contributed by atoms with E-state index in [1.54, 1.807) is 0 Å². The fourth-order valence-electron chi connectivity index (χ4n) is 1.52. The largest absolute Gasteiger partial charge is 0.327 e. The molecule has 0 radical (unpaired) electrons. The van der Waals surface area contributed by atoms with Crippen LogP contribution in [0.1, 0.15) is 25.0 Å². The molecule has 0 saturated carbocycles.